The van der Waals surface area contributed by atoms with Crippen LogP contribution < -0.4 is 0 Å². The van der Waals surface area contributed by atoms with Gasteiger partial charge >= 0.3 is 0 Å². The van der Waals surface area contributed by atoms with Crippen molar-refractivity contribution in [1.82, 2.24) is 0 Å². The van der Waals surface area contributed by atoms with Crippen LogP contribution in [0.5, 0.6) is 0 Å². The van der Waals surface area contributed by atoms with E-state index in [-0.39, 0.29) is 11.5 Å². The highest BCUT2D eigenvalue weighted by Gasteiger charge is 2.41. The summed E-state index contributed by atoms with van der Waals surface area (Å²) in [5.74, 6) is 0. The lowest BCUT2D eigenvalue weighted by molar-refractivity contribution is 0.0467. The molecule has 0 spiro atoms. The predicted molar refractivity (Wildman–Crippen MR) is 72.0 cm³/mol. The van der Waals surface area contributed by atoms with Crippen molar-refractivity contribution < 1.29 is 5.11 Å². The van der Waals surface area contributed by atoms with Crippen molar-refractivity contribution in [2.75, 3.05) is 6.54 Å². The average molecular weight is 252 g/mol. The van der Waals surface area contributed by atoms with Crippen molar-refractivity contribution in [3.8, 4) is 0 Å². The van der Waals surface area contributed by atoms with E-state index in [1.807, 2.05) is 24.3 Å². The fraction of sp³-hybridized carbons (Fsp3) is 0.500. The minimum atomic E-state index is -0.347. The molecule has 1 aromatic carbocycles. The van der Waals surface area contributed by atoms with E-state index < -0.39 is 0 Å². The average Bonchev–Trinajstić information content (AvgIpc) is 2.32. The molecule has 0 aliphatic heterocycles. The number of aliphatic imine (C=N–C) groups is 1. The third-order valence-electron chi connectivity index (χ3n) is 3.78. The van der Waals surface area contributed by atoms with Crippen molar-refractivity contribution in [3.05, 3.63) is 34.9 Å². The Morgan fingerprint density at radius 3 is 2.94 bits per heavy atom. The zero-order valence-electron chi connectivity index (χ0n) is 9.90. The number of halogens is 1. The van der Waals surface area contributed by atoms with E-state index in [0.29, 0.717) is 11.6 Å². The Kier molecular flexibility index (Phi) is 3.85. The summed E-state index contributed by atoms with van der Waals surface area (Å²) in [6.07, 6.45) is 3.65. The topological polar surface area (TPSA) is 32.6 Å². The monoisotopic (exact) mass is 251 g/mol. The fourth-order valence-corrected chi connectivity index (χ4v) is 3.02. The highest BCUT2D eigenvalue weighted by Crippen LogP contribution is 2.40. The minimum Gasteiger partial charge on any atom is -0.392 e. The van der Waals surface area contributed by atoms with Gasteiger partial charge in [-0.2, -0.15) is 0 Å². The van der Waals surface area contributed by atoms with Crippen molar-refractivity contribution >= 4 is 18.3 Å². The molecule has 92 valence electrons. The maximum Gasteiger partial charge on any atom is 0.0654 e. The van der Waals surface area contributed by atoms with Gasteiger partial charge in [0, 0.05) is 10.4 Å². The fourth-order valence-electron chi connectivity index (χ4n) is 2.83. The van der Waals surface area contributed by atoms with E-state index in [0.717, 1.165) is 31.2 Å². The Bertz CT molecular complexity index is 407. The normalized spacial score (nSPS) is 28.9. The lowest BCUT2D eigenvalue weighted by atomic mass is 9.67. The molecule has 0 bridgehead atoms. The molecule has 1 fully saturated rings. The SMILES string of the molecule is C=NC[C@]1(c2cccc(Cl)c2)CCCC[C@@H]1O. The van der Waals surface area contributed by atoms with Crippen LogP contribution in [0.15, 0.2) is 29.3 Å². The third-order valence-corrected chi connectivity index (χ3v) is 4.02. The van der Waals surface area contributed by atoms with Crippen molar-refractivity contribution in [1.29, 1.82) is 0 Å². The Labute approximate surface area is 107 Å². The molecular weight excluding hydrogens is 234 g/mol. The number of hydrogen-bond donors (Lipinski definition) is 1. The first-order valence-corrected chi connectivity index (χ1v) is 6.43. The van der Waals surface area contributed by atoms with Crippen molar-refractivity contribution in [2.45, 2.75) is 37.2 Å². The molecule has 0 unspecified atom stereocenters. The van der Waals surface area contributed by atoms with Gasteiger partial charge in [-0.15, -0.1) is 0 Å². The van der Waals surface area contributed by atoms with Gasteiger partial charge in [-0.3, -0.25) is 4.99 Å². The van der Waals surface area contributed by atoms with Gasteiger partial charge in [0.2, 0.25) is 0 Å². The second-order valence-electron chi connectivity index (χ2n) is 4.81. The van der Waals surface area contributed by atoms with E-state index in [1.54, 1.807) is 0 Å². The summed E-state index contributed by atoms with van der Waals surface area (Å²) < 4.78 is 0. The molecule has 1 aromatic rings. The lowest BCUT2D eigenvalue weighted by Crippen LogP contribution is -2.44. The van der Waals surface area contributed by atoms with Crippen LogP contribution in [-0.4, -0.2) is 24.5 Å². The summed E-state index contributed by atoms with van der Waals surface area (Å²) >= 11 is 6.05. The minimum absolute atomic E-state index is 0.287. The first kappa shape index (κ1) is 12.6. The van der Waals surface area contributed by atoms with Gasteiger partial charge in [-0.25, -0.2) is 0 Å². The molecule has 3 heteroatoms. The van der Waals surface area contributed by atoms with E-state index >= 15 is 0 Å². The molecule has 0 radical (unpaired) electrons. The summed E-state index contributed by atoms with van der Waals surface area (Å²) in [6.45, 7) is 4.15. The molecule has 2 rings (SSSR count). The molecule has 1 aliphatic rings. The van der Waals surface area contributed by atoms with Gasteiger partial charge in [0.05, 0.1) is 12.6 Å². The van der Waals surface area contributed by atoms with E-state index in [9.17, 15) is 5.11 Å². The highest BCUT2D eigenvalue weighted by molar-refractivity contribution is 6.30. The van der Waals surface area contributed by atoms with Crippen LogP contribution in [0.2, 0.25) is 5.02 Å². The molecule has 2 nitrogen and oxygen atoms in total. The molecular formula is C14H18ClNO. The Morgan fingerprint density at radius 1 is 1.47 bits per heavy atom. The zero-order valence-corrected chi connectivity index (χ0v) is 10.7. The molecule has 1 saturated carbocycles. The lowest BCUT2D eigenvalue weighted by Gasteiger charge is -2.41. The van der Waals surface area contributed by atoms with Crippen LogP contribution in [0.4, 0.5) is 0 Å². The van der Waals surface area contributed by atoms with Crippen LogP contribution in [0.25, 0.3) is 0 Å². The second-order valence-corrected chi connectivity index (χ2v) is 5.25. The molecule has 0 aromatic heterocycles. The summed E-state index contributed by atoms with van der Waals surface area (Å²) in [6, 6.07) is 7.77. The smallest absolute Gasteiger partial charge is 0.0654 e. The summed E-state index contributed by atoms with van der Waals surface area (Å²) in [4.78, 5) is 4.03. The Morgan fingerprint density at radius 2 is 2.29 bits per heavy atom. The number of hydrogen-bond acceptors (Lipinski definition) is 2. The molecule has 0 amide bonds. The third kappa shape index (κ3) is 2.38. The molecule has 2 atom stereocenters. The first-order chi connectivity index (χ1) is 8.19. The van der Waals surface area contributed by atoms with Gasteiger partial charge in [-0.05, 0) is 37.3 Å². The van der Waals surface area contributed by atoms with Crippen LogP contribution >= 0.6 is 11.6 Å². The van der Waals surface area contributed by atoms with Crippen LogP contribution in [0.3, 0.4) is 0 Å². The van der Waals surface area contributed by atoms with Gasteiger partial charge in [-0.1, -0.05) is 36.6 Å². The largest absolute Gasteiger partial charge is 0.392 e. The Hall–Kier alpha value is -0.860. The van der Waals surface area contributed by atoms with E-state index in [4.69, 9.17) is 11.6 Å². The van der Waals surface area contributed by atoms with Gasteiger partial charge in [0.25, 0.3) is 0 Å². The number of aliphatic hydroxyl groups is 1. The quantitative estimate of drug-likeness (QED) is 0.822. The van der Waals surface area contributed by atoms with E-state index in [2.05, 4.69) is 11.7 Å². The molecule has 1 N–H and O–H groups in total. The van der Waals surface area contributed by atoms with Crippen molar-refractivity contribution in [2.24, 2.45) is 4.99 Å². The predicted octanol–water partition coefficient (Wildman–Crippen LogP) is 3.21. The summed E-state index contributed by atoms with van der Waals surface area (Å²) in [5, 5.41) is 11.1. The van der Waals surface area contributed by atoms with Crippen LogP contribution in [0.1, 0.15) is 31.2 Å². The van der Waals surface area contributed by atoms with Crippen LogP contribution in [0, 0.1) is 0 Å². The Balaban J connectivity index is 2.42. The number of nitrogens with zero attached hydrogens (tertiary/aromatic N) is 1. The standard InChI is InChI=1S/C14H18ClNO/c1-16-10-14(8-3-2-7-13(14)17)11-5-4-6-12(15)9-11/h4-6,9,13,17H,1-3,7-8,10H2/t13-,14-/m0/s1. The number of benzene rings is 1. The van der Waals surface area contributed by atoms with Gasteiger partial charge in [0.15, 0.2) is 0 Å². The first-order valence-electron chi connectivity index (χ1n) is 6.06. The number of aliphatic hydroxyl groups excluding tert-OH is 1. The van der Waals surface area contributed by atoms with Crippen molar-refractivity contribution in [3.63, 3.8) is 0 Å². The highest BCUT2D eigenvalue weighted by atomic mass is 35.5. The van der Waals surface area contributed by atoms with E-state index in [1.165, 1.54) is 0 Å². The molecule has 1 aliphatic carbocycles. The molecule has 0 heterocycles. The van der Waals surface area contributed by atoms with Gasteiger partial charge < -0.3 is 5.11 Å². The number of rotatable bonds is 3. The molecule has 0 saturated heterocycles. The van der Waals surface area contributed by atoms with Crippen LogP contribution in [-0.2, 0) is 5.41 Å². The summed E-state index contributed by atoms with van der Waals surface area (Å²) in [7, 11) is 0. The zero-order chi connectivity index (χ0) is 12.3. The summed E-state index contributed by atoms with van der Waals surface area (Å²) in [5.41, 5.74) is 0.801. The van der Waals surface area contributed by atoms with Gasteiger partial charge in [0.1, 0.15) is 0 Å². The molecule has 17 heavy (non-hydrogen) atoms. The second kappa shape index (κ2) is 5.19. The maximum absolute atomic E-state index is 10.4. The maximum atomic E-state index is 10.4.